The first-order valence-corrected chi connectivity index (χ1v) is 9.12. The second-order valence-corrected chi connectivity index (χ2v) is 6.70. The molecule has 0 radical (unpaired) electrons. The Kier molecular flexibility index (Phi) is 6.96. The van der Waals surface area contributed by atoms with E-state index in [1.54, 1.807) is 10.6 Å². The maximum absolute atomic E-state index is 12.9. The van der Waals surface area contributed by atoms with Gasteiger partial charge >= 0.3 is 5.97 Å². The zero-order valence-electron chi connectivity index (χ0n) is 15.1. The Balaban J connectivity index is 2.44. The van der Waals surface area contributed by atoms with Gasteiger partial charge in [0, 0.05) is 18.7 Å². The molecule has 2 N–H and O–H groups in total. The minimum Gasteiger partial charge on any atom is -0.480 e. The zero-order valence-corrected chi connectivity index (χ0v) is 15.1. The number of aliphatic carboxylic acids is 1. The number of carbonyl (C=O) groups is 2. The molecule has 0 saturated carbocycles. The highest BCUT2D eigenvalue weighted by atomic mass is 16.4. The minimum absolute atomic E-state index is 0.0191. The van der Waals surface area contributed by atoms with Crippen LogP contribution in [0, 0.1) is 11.3 Å². The fourth-order valence-electron chi connectivity index (χ4n) is 3.29. The van der Waals surface area contributed by atoms with Crippen LogP contribution >= 0.6 is 0 Å². The zero-order chi connectivity index (χ0) is 19.1. The van der Waals surface area contributed by atoms with Gasteiger partial charge in [-0.25, -0.2) is 0 Å². The first-order chi connectivity index (χ1) is 12.5. The summed E-state index contributed by atoms with van der Waals surface area (Å²) in [6.45, 7) is 1.75. The van der Waals surface area contributed by atoms with Crippen molar-refractivity contribution < 1.29 is 14.7 Å². The van der Waals surface area contributed by atoms with Gasteiger partial charge in [0.15, 0.2) is 0 Å². The number of nitrogens with one attached hydrogen (secondary N) is 1. The van der Waals surface area contributed by atoms with Gasteiger partial charge in [0.2, 0.25) is 0 Å². The van der Waals surface area contributed by atoms with Crippen LogP contribution in [0.25, 0.3) is 0 Å². The number of carboxylic acid groups (broad SMARTS) is 1. The molecule has 1 heterocycles. The first-order valence-electron chi connectivity index (χ1n) is 9.12. The highest BCUT2D eigenvalue weighted by Crippen LogP contribution is 2.20. The smallest absolute Gasteiger partial charge is 0.325 e. The van der Waals surface area contributed by atoms with E-state index in [1.807, 2.05) is 0 Å². The van der Waals surface area contributed by atoms with Crippen molar-refractivity contribution in [3.63, 3.8) is 0 Å². The third-order valence-corrected chi connectivity index (χ3v) is 4.73. The number of carboxylic acids is 1. The van der Waals surface area contributed by atoms with E-state index in [4.69, 9.17) is 10.4 Å². The SMILES string of the molecule is C[C@@H](NC(=O)c1cc2c(n(CCCC#N)c1=O)CCCCCC2)C(=O)O. The summed E-state index contributed by atoms with van der Waals surface area (Å²) < 4.78 is 1.62. The van der Waals surface area contributed by atoms with Gasteiger partial charge in [0.05, 0.1) is 6.07 Å². The highest BCUT2D eigenvalue weighted by Gasteiger charge is 2.22. The van der Waals surface area contributed by atoms with Crippen molar-refractivity contribution in [1.82, 2.24) is 9.88 Å². The number of carbonyl (C=O) groups excluding carboxylic acids is 1. The van der Waals surface area contributed by atoms with E-state index in [1.165, 1.54) is 6.92 Å². The van der Waals surface area contributed by atoms with E-state index >= 15 is 0 Å². The maximum atomic E-state index is 12.9. The molecule has 1 aromatic rings. The van der Waals surface area contributed by atoms with E-state index < -0.39 is 23.5 Å². The number of nitrogens with zero attached hydrogens (tertiary/aromatic N) is 2. The quantitative estimate of drug-likeness (QED) is 0.755. The van der Waals surface area contributed by atoms with E-state index in [9.17, 15) is 14.4 Å². The number of rotatable bonds is 6. The van der Waals surface area contributed by atoms with Gasteiger partial charge in [-0.05, 0) is 50.7 Å². The summed E-state index contributed by atoms with van der Waals surface area (Å²) >= 11 is 0. The monoisotopic (exact) mass is 359 g/mol. The van der Waals surface area contributed by atoms with Crippen LogP contribution in [0.1, 0.15) is 67.1 Å². The standard InChI is InChI=1S/C19H25N3O4/c1-13(19(25)26)21-17(23)15-12-14-8-4-2-3-5-9-16(14)22(18(15)24)11-7-6-10-20/h12-13H,2-9,11H2,1H3,(H,21,23)(H,25,26)/t13-/m1/s1. The van der Waals surface area contributed by atoms with Crippen molar-refractivity contribution in [2.45, 2.75) is 70.9 Å². The molecule has 1 amide bonds. The molecule has 0 spiro atoms. The van der Waals surface area contributed by atoms with E-state index in [0.29, 0.717) is 19.4 Å². The van der Waals surface area contributed by atoms with Crippen LogP contribution in [0.5, 0.6) is 0 Å². The van der Waals surface area contributed by atoms with Crippen molar-refractivity contribution in [2.24, 2.45) is 0 Å². The molecule has 0 unspecified atom stereocenters. The molecule has 0 aliphatic heterocycles. The average molecular weight is 359 g/mol. The molecule has 0 bridgehead atoms. The van der Waals surface area contributed by atoms with E-state index in [0.717, 1.165) is 49.8 Å². The lowest BCUT2D eigenvalue weighted by Gasteiger charge is -2.21. The van der Waals surface area contributed by atoms with Crippen molar-refractivity contribution in [2.75, 3.05) is 0 Å². The van der Waals surface area contributed by atoms with Gasteiger partial charge in [0.1, 0.15) is 11.6 Å². The molecule has 2 rings (SSSR count). The number of fused-ring (bicyclic) bond motifs is 1. The molecule has 0 fully saturated rings. The summed E-state index contributed by atoms with van der Waals surface area (Å²) in [6, 6.07) is 2.64. The minimum atomic E-state index is -1.15. The maximum Gasteiger partial charge on any atom is 0.325 e. The van der Waals surface area contributed by atoms with Gasteiger partial charge in [-0.15, -0.1) is 0 Å². The lowest BCUT2D eigenvalue weighted by atomic mass is 9.95. The molecule has 1 aliphatic rings. The molecule has 0 saturated heterocycles. The van der Waals surface area contributed by atoms with Gasteiger partial charge in [-0.1, -0.05) is 12.8 Å². The molecule has 1 aliphatic carbocycles. The second-order valence-electron chi connectivity index (χ2n) is 6.70. The van der Waals surface area contributed by atoms with Crippen LogP contribution in [0.2, 0.25) is 0 Å². The van der Waals surface area contributed by atoms with Crippen molar-refractivity contribution in [1.29, 1.82) is 5.26 Å². The Hall–Kier alpha value is -2.62. The summed E-state index contributed by atoms with van der Waals surface area (Å²) in [6.07, 6.45) is 6.68. The van der Waals surface area contributed by atoms with Crippen LogP contribution in [0.4, 0.5) is 0 Å². The summed E-state index contributed by atoms with van der Waals surface area (Å²) in [5, 5.41) is 20.1. The van der Waals surface area contributed by atoms with Gasteiger partial charge in [-0.3, -0.25) is 14.4 Å². The molecule has 1 aromatic heterocycles. The number of pyridine rings is 1. The van der Waals surface area contributed by atoms with Gasteiger partial charge in [0.25, 0.3) is 11.5 Å². The largest absolute Gasteiger partial charge is 0.480 e. The molecule has 1 atom stereocenters. The average Bonchev–Trinajstić information content (AvgIpc) is 2.57. The molecule has 26 heavy (non-hydrogen) atoms. The third-order valence-electron chi connectivity index (χ3n) is 4.73. The number of nitriles is 1. The number of aryl methyl sites for hydroxylation is 1. The van der Waals surface area contributed by atoms with Crippen molar-refractivity contribution in [3.05, 3.63) is 33.2 Å². The highest BCUT2D eigenvalue weighted by molar-refractivity contribution is 5.96. The van der Waals surface area contributed by atoms with Crippen LogP contribution in [0.3, 0.4) is 0 Å². The van der Waals surface area contributed by atoms with Crippen LogP contribution in [-0.2, 0) is 24.2 Å². The van der Waals surface area contributed by atoms with Crippen molar-refractivity contribution in [3.8, 4) is 6.07 Å². The molecule has 0 aromatic carbocycles. The van der Waals surface area contributed by atoms with Crippen LogP contribution < -0.4 is 10.9 Å². The summed E-state index contributed by atoms with van der Waals surface area (Å²) in [5.74, 6) is -1.82. The summed E-state index contributed by atoms with van der Waals surface area (Å²) in [7, 11) is 0. The molecular formula is C19H25N3O4. The predicted octanol–water partition coefficient (Wildman–Crippen LogP) is 2.01. The normalized spacial score (nSPS) is 15.1. The molecule has 140 valence electrons. The summed E-state index contributed by atoms with van der Waals surface area (Å²) in [4.78, 5) is 36.3. The number of hydrogen-bond donors (Lipinski definition) is 2. The Morgan fingerprint density at radius 1 is 1.31 bits per heavy atom. The summed E-state index contributed by atoms with van der Waals surface area (Å²) in [5.41, 5.74) is 1.51. The van der Waals surface area contributed by atoms with Gasteiger partial charge < -0.3 is 15.0 Å². The number of aromatic nitrogens is 1. The molecular weight excluding hydrogens is 334 g/mol. The number of hydrogen-bond acceptors (Lipinski definition) is 4. The Morgan fingerprint density at radius 3 is 2.65 bits per heavy atom. The second kappa shape index (κ2) is 9.18. The Morgan fingerprint density at radius 2 is 2.00 bits per heavy atom. The lowest BCUT2D eigenvalue weighted by molar-refractivity contribution is -0.138. The van der Waals surface area contributed by atoms with Gasteiger partial charge in [-0.2, -0.15) is 5.26 Å². The van der Waals surface area contributed by atoms with E-state index in [2.05, 4.69) is 11.4 Å². The number of unbranched alkanes of at least 4 members (excludes halogenated alkanes) is 1. The van der Waals surface area contributed by atoms with Crippen LogP contribution in [-0.4, -0.2) is 27.6 Å². The lowest BCUT2D eigenvalue weighted by Crippen LogP contribution is -2.42. The van der Waals surface area contributed by atoms with Crippen LogP contribution in [0.15, 0.2) is 10.9 Å². The molecule has 7 heteroatoms. The topological polar surface area (TPSA) is 112 Å². The first kappa shape index (κ1) is 19.7. The fourth-order valence-corrected chi connectivity index (χ4v) is 3.29. The third kappa shape index (κ3) is 4.72. The van der Waals surface area contributed by atoms with Crippen molar-refractivity contribution >= 4 is 11.9 Å². The fraction of sp³-hybridized carbons (Fsp3) is 0.579. The molecule has 7 nitrogen and oxygen atoms in total. The Bertz CT molecular complexity index is 776. The predicted molar refractivity (Wildman–Crippen MR) is 96.0 cm³/mol. The van der Waals surface area contributed by atoms with E-state index in [-0.39, 0.29) is 5.56 Å². The number of amides is 1. The Labute approximate surface area is 152 Å².